The van der Waals surface area contributed by atoms with Crippen molar-refractivity contribution in [3.63, 3.8) is 0 Å². The Labute approximate surface area is 170 Å². The molecule has 1 aromatic heterocycles. The summed E-state index contributed by atoms with van der Waals surface area (Å²) in [6.45, 7) is 6.14. The van der Waals surface area contributed by atoms with Gasteiger partial charge in [-0.3, -0.25) is 14.3 Å². The van der Waals surface area contributed by atoms with Crippen molar-refractivity contribution in [1.29, 1.82) is 0 Å². The number of rotatable bonds is 6. The molecule has 0 aliphatic carbocycles. The summed E-state index contributed by atoms with van der Waals surface area (Å²) in [7, 11) is 0. The molecular formula is C23H25N3O3. The van der Waals surface area contributed by atoms with Gasteiger partial charge < -0.3 is 10.4 Å². The molecule has 29 heavy (non-hydrogen) atoms. The third kappa shape index (κ3) is 5.10. The first-order valence-electron chi connectivity index (χ1n) is 9.52. The number of carbonyl (C=O) groups is 2. The lowest BCUT2D eigenvalue weighted by molar-refractivity contribution is -0.136. The van der Waals surface area contributed by atoms with Gasteiger partial charge in [-0.2, -0.15) is 5.10 Å². The molecule has 0 saturated carbocycles. The number of amides is 1. The number of aliphatic carboxylic acids is 1. The van der Waals surface area contributed by atoms with E-state index in [1.165, 1.54) is 0 Å². The molecule has 0 atom stereocenters. The highest BCUT2D eigenvalue weighted by molar-refractivity contribution is 6.03. The molecule has 0 fully saturated rings. The second-order valence-corrected chi connectivity index (χ2v) is 7.91. The summed E-state index contributed by atoms with van der Waals surface area (Å²) in [5, 5.41) is 16.2. The molecule has 6 heteroatoms. The number of aryl methyl sites for hydroxylation is 1. The van der Waals surface area contributed by atoms with Gasteiger partial charge in [-0.05, 0) is 56.5 Å². The van der Waals surface area contributed by atoms with E-state index in [4.69, 9.17) is 5.11 Å². The largest absolute Gasteiger partial charge is 0.481 e. The molecule has 1 heterocycles. The second kappa shape index (κ2) is 8.31. The van der Waals surface area contributed by atoms with E-state index in [1.54, 1.807) is 18.2 Å². The predicted octanol–water partition coefficient (Wildman–Crippen LogP) is 4.57. The van der Waals surface area contributed by atoms with Gasteiger partial charge in [-0.15, -0.1) is 0 Å². The van der Waals surface area contributed by atoms with Gasteiger partial charge >= 0.3 is 5.97 Å². The topological polar surface area (TPSA) is 84.2 Å². The van der Waals surface area contributed by atoms with Crippen molar-refractivity contribution >= 4 is 17.6 Å². The molecule has 0 spiro atoms. The number of aromatic nitrogens is 2. The number of hydrogen-bond donors (Lipinski definition) is 2. The Morgan fingerprint density at radius 3 is 2.28 bits per heavy atom. The molecule has 0 radical (unpaired) electrons. The summed E-state index contributed by atoms with van der Waals surface area (Å²) in [6, 6.07) is 18.9. The summed E-state index contributed by atoms with van der Waals surface area (Å²) in [5.41, 5.74) is 3.49. The number of nitrogens with one attached hydrogen (secondary N) is 1. The highest BCUT2D eigenvalue weighted by Gasteiger charge is 2.23. The summed E-state index contributed by atoms with van der Waals surface area (Å²) in [6.07, 6.45) is 0.540. The van der Waals surface area contributed by atoms with E-state index in [2.05, 4.69) is 10.4 Å². The fourth-order valence-electron chi connectivity index (χ4n) is 3.02. The second-order valence-electron chi connectivity index (χ2n) is 7.91. The maximum Gasteiger partial charge on any atom is 0.303 e. The smallest absolute Gasteiger partial charge is 0.303 e. The zero-order chi connectivity index (χ0) is 21.0. The lowest BCUT2D eigenvalue weighted by atomic mass is 10.1. The number of carboxylic acid groups (broad SMARTS) is 1. The van der Waals surface area contributed by atoms with Crippen molar-refractivity contribution in [3.8, 4) is 11.3 Å². The van der Waals surface area contributed by atoms with Crippen molar-refractivity contribution in [3.05, 3.63) is 71.9 Å². The first kappa shape index (κ1) is 20.3. The van der Waals surface area contributed by atoms with Gasteiger partial charge in [-0.25, -0.2) is 0 Å². The Morgan fingerprint density at radius 1 is 1.03 bits per heavy atom. The number of carbonyl (C=O) groups excluding carboxylic acids is 1. The zero-order valence-electron chi connectivity index (χ0n) is 16.8. The van der Waals surface area contributed by atoms with Crippen LogP contribution in [0.5, 0.6) is 0 Å². The maximum absolute atomic E-state index is 12.8. The number of carboxylic acids is 1. The molecule has 2 aromatic carbocycles. The van der Waals surface area contributed by atoms with Crippen LogP contribution in [0.15, 0.2) is 60.7 Å². The molecule has 0 aliphatic rings. The van der Waals surface area contributed by atoms with Crippen LogP contribution in [0.2, 0.25) is 0 Å². The van der Waals surface area contributed by atoms with Gasteiger partial charge in [0.25, 0.3) is 5.91 Å². The van der Waals surface area contributed by atoms with Crippen molar-refractivity contribution in [2.75, 3.05) is 5.32 Å². The number of hydrogen-bond acceptors (Lipinski definition) is 3. The Bertz CT molecular complexity index is 1000. The van der Waals surface area contributed by atoms with E-state index in [0.717, 1.165) is 16.8 Å². The molecule has 150 valence electrons. The van der Waals surface area contributed by atoms with Gasteiger partial charge in [-0.1, -0.05) is 42.5 Å². The van der Waals surface area contributed by atoms with E-state index in [-0.39, 0.29) is 17.9 Å². The van der Waals surface area contributed by atoms with E-state index < -0.39 is 5.97 Å². The zero-order valence-corrected chi connectivity index (χ0v) is 16.8. The van der Waals surface area contributed by atoms with Crippen LogP contribution in [0.1, 0.15) is 43.2 Å². The van der Waals surface area contributed by atoms with Crippen LogP contribution in [-0.2, 0) is 16.8 Å². The van der Waals surface area contributed by atoms with Crippen LogP contribution in [-0.4, -0.2) is 26.8 Å². The van der Waals surface area contributed by atoms with Crippen molar-refractivity contribution in [2.45, 2.75) is 39.2 Å². The van der Waals surface area contributed by atoms with E-state index in [0.29, 0.717) is 17.8 Å². The molecule has 0 saturated heterocycles. The monoisotopic (exact) mass is 391 g/mol. The van der Waals surface area contributed by atoms with Gasteiger partial charge in [0.2, 0.25) is 0 Å². The minimum absolute atomic E-state index is 0.0816. The lowest BCUT2D eigenvalue weighted by Crippen LogP contribution is -2.25. The van der Waals surface area contributed by atoms with E-state index in [9.17, 15) is 9.59 Å². The number of nitrogens with zero attached hydrogens (tertiary/aromatic N) is 2. The molecule has 3 rings (SSSR count). The Morgan fingerprint density at radius 2 is 1.69 bits per heavy atom. The molecular weight excluding hydrogens is 366 g/mol. The van der Waals surface area contributed by atoms with Crippen molar-refractivity contribution in [1.82, 2.24) is 9.78 Å². The normalized spacial score (nSPS) is 11.3. The van der Waals surface area contributed by atoms with Gasteiger partial charge in [0.05, 0.1) is 11.2 Å². The number of anilines is 1. The summed E-state index contributed by atoms with van der Waals surface area (Å²) in [4.78, 5) is 23.5. The Balaban J connectivity index is 1.81. The molecule has 6 nitrogen and oxygen atoms in total. The van der Waals surface area contributed by atoms with Crippen molar-refractivity contribution < 1.29 is 14.7 Å². The standard InChI is InChI=1S/C23H25N3O3/c1-23(2,3)26-20(17-7-5-4-6-8-17)15-19(25-26)22(29)24-18-12-9-16(10-13-18)11-14-21(27)28/h4-10,12-13,15H,11,14H2,1-3H3,(H,24,29)(H,27,28). The molecule has 0 unspecified atom stereocenters. The van der Waals surface area contributed by atoms with Crippen LogP contribution in [0.4, 0.5) is 5.69 Å². The minimum atomic E-state index is -0.828. The lowest BCUT2D eigenvalue weighted by Gasteiger charge is -2.22. The number of benzene rings is 2. The maximum atomic E-state index is 12.8. The minimum Gasteiger partial charge on any atom is -0.481 e. The third-order valence-electron chi connectivity index (χ3n) is 4.49. The first-order chi connectivity index (χ1) is 13.7. The molecule has 1 amide bonds. The fourth-order valence-corrected chi connectivity index (χ4v) is 3.02. The summed E-state index contributed by atoms with van der Waals surface area (Å²) >= 11 is 0. The highest BCUT2D eigenvalue weighted by atomic mass is 16.4. The fraction of sp³-hybridized carbons (Fsp3) is 0.261. The van der Waals surface area contributed by atoms with E-state index >= 15 is 0 Å². The van der Waals surface area contributed by atoms with Gasteiger partial charge in [0, 0.05) is 12.1 Å². The summed E-state index contributed by atoms with van der Waals surface area (Å²) in [5.74, 6) is -1.12. The Kier molecular flexibility index (Phi) is 5.82. The first-order valence-corrected chi connectivity index (χ1v) is 9.52. The molecule has 0 bridgehead atoms. The third-order valence-corrected chi connectivity index (χ3v) is 4.49. The SMILES string of the molecule is CC(C)(C)n1nc(C(=O)Nc2ccc(CCC(=O)O)cc2)cc1-c1ccccc1. The average molecular weight is 391 g/mol. The van der Waals surface area contributed by atoms with Crippen LogP contribution >= 0.6 is 0 Å². The molecule has 0 aliphatic heterocycles. The van der Waals surface area contributed by atoms with E-state index in [1.807, 2.05) is 67.9 Å². The van der Waals surface area contributed by atoms with Crippen molar-refractivity contribution in [2.24, 2.45) is 0 Å². The van der Waals surface area contributed by atoms with Crippen LogP contribution in [0.3, 0.4) is 0 Å². The quantitative estimate of drug-likeness (QED) is 0.644. The van der Waals surface area contributed by atoms with Crippen LogP contribution in [0, 0.1) is 0 Å². The Hall–Kier alpha value is -3.41. The van der Waals surface area contributed by atoms with Crippen LogP contribution in [0.25, 0.3) is 11.3 Å². The molecule has 2 N–H and O–H groups in total. The molecule has 3 aromatic rings. The predicted molar refractivity (Wildman–Crippen MR) is 113 cm³/mol. The highest BCUT2D eigenvalue weighted by Crippen LogP contribution is 2.27. The van der Waals surface area contributed by atoms with Gasteiger partial charge in [0.1, 0.15) is 0 Å². The van der Waals surface area contributed by atoms with Gasteiger partial charge in [0.15, 0.2) is 5.69 Å². The van der Waals surface area contributed by atoms with Crippen LogP contribution < -0.4 is 5.32 Å². The summed E-state index contributed by atoms with van der Waals surface area (Å²) < 4.78 is 1.87. The average Bonchev–Trinajstić information content (AvgIpc) is 3.14.